The van der Waals surface area contributed by atoms with E-state index < -0.39 is 12.0 Å². The molecule has 1 fully saturated rings. The maximum atomic E-state index is 11.8. The summed E-state index contributed by atoms with van der Waals surface area (Å²) in [5.41, 5.74) is 0.739. The lowest BCUT2D eigenvalue weighted by atomic mass is 10.1. The second-order valence-corrected chi connectivity index (χ2v) is 4.11. The fourth-order valence-electron chi connectivity index (χ4n) is 1.91. The third-order valence-electron chi connectivity index (χ3n) is 2.77. The molecule has 0 aromatic carbocycles. The minimum absolute atomic E-state index is 0.00293. The van der Waals surface area contributed by atoms with Gasteiger partial charge in [-0.1, -0.05) is 6.07 Å². The van der Waals surface area contributed by atoms with Gasteiger partial charge >= 0.3 is 5.97 Å². The molecule has 1 aromatic rings. The van der Waals surface area contributed by atoms with Gasteiger partial charge in [-0.15, -0.1) is 0 Å². The average molecular weight is 250 g/mol. The lowest BCUT2D eigenvalue weighted by Crippen LogP contribution is -2.49. The van der Waals surface area contributed by atoms with Crippen molar-refractivity contribution in [3.05, 3.63) is 30.1 Å². The Balaban J connectivity index is 2.10. The molecule has 1 amide bonds. The number of carboxylic acid groups (broad SMARTS) is 1. The van der Waals surface area contributed by atoms with Crippen molar-refractivity contribution in [2.45, 2.75) is 19.0 Å². The predicted molar refractivity (Wildman–Crippen MR) is 61.6 cm³/mol. The number of amides is 1. The zero-order chi connectivity index (χ0) is 13.0. The van der Waals surface area contributed by atoms with Crippen molar-refractivity contribution in [2.24, 2.45) is 0 Å². The number of carbonyl (C=O) groups is 2. The van der Waals surface area contributed by atoms with Gasteiger partial charge in [-0.25, -0.2) is 0 Å². The zero-order valence-electron chi connectivity index (χ0n) is 9.78. The maximum absolute atomic E-state index is 11.8. The lowest BCUT2D eigenvalue weighted by Gasteiger charge is -2.34. The molecule has 6 heteroatoms. The van der Waals surface area contributed by atoms with Crippen molar-refractivity contribution in [3.8, 4) is 0 Å². The van der Waals surface area contributed by atoms with Gasteiger partial charge in [-0.3, -0.25) is 14.6 Å². The normalized spacial score (nSPS) is 19.9. The van der Waals surface area contributed by atoms with Crippen LogP contribution in [-0.2, 0) is 20.9 Å². The Morgan fingerprint density at radius 1 is 1.56 bits per heavy atom. The van der Waals surface area contributed by atoms with Gasteiger partial charge in [-0.05, 0) is 12.1 Å². The molecule has 0 aliphatic carbocycles. The van der Waals surface area contributed by atoms with Crippen molar-refractivity contribution >= 4 is 11.9 Å². The molecule has 1 aliphatic heterocycles. The van der Waals surface area contributed by atoms with Crippen LogP contribution in [0.15, 0.2) is 24.4 Å². The van der Waals surface area contributed by atoms with Crippen molar-refractivity contribution < 1.29 is 19.4 Å². The number of aromatic nitrogens is 1. The molecule has 0 spiro atoms. The van der Waals surface area contributed by atoms with Crippen molar-refractivity contribution in [3.63, 3.8) is 0 Å². The Morgan fingerprint density at radius 3 is 3.06 bits per heavy atom. The van der Waals surface area contributed by atoms with Crippen LogP contribution in [0.5, 0.6) is 0 Å². The van der Waals surface area contributed by atoms with Crippen molar-refractivity contribution in [1.29, 1.82) is 0 Å². The van der Waals surface area contributed by atoms with Crippen LogP contribution in [0.3, 0.4) is 0 Å². The highest BCUT2D eigenvalue weighted by Gasteiger charge is 2.30. The first-order chi connectivity index (χ1) is 8.66. The molecule has 18 heavy (non-hydrogen) atoms. The molecule has 0 bridgehead atoms. The Morgan fingerprint density at radius 2 is 2.39 bits per heavy atom. The fourth-order valence-corrected chi connectivity index (χ4v) is 1.91. The molecule has 1 N–H and O–H groups in total. The standard InChI is InChI=1S/C12H14N2O4/c15-11-8-18-7-10(5-12(16)17)14(11)6-9-3-1-2-4-13-9/h1-4,10H,5-8H2,(H,16,17). The van der Waals surface area contributed by atoms with E-state index in [1.165, 1.54) is 4.90 Å². The molecule has 96 valence electrons. The van der Waals surface area contributed by atoms with E-state index in [4.69, 9.17) is 9.84 Å². The summed E-state index contributed by atoms with van der Waals surface area (Å²) >= 11 is 0. The van der Waals surface area contributed by atoms with Gasteiger partial charge in [0.2, 0.25) is 5.91 Å². The molecule has 1 unspecified atom stereocenters. The summed E-state index contributed by atoms with van der Waals surface area (Å²) in [4.78, 5) is 28.2. The van der Waals surface area contributed by atoms with E-state index in [1.54, 1.807) is 18.3 Å². The van der Waals surface area contributed by atoms with E-state index in [0.717, 1.165) is 5.69 Å². The van der Waals surface area contributed by atoms with Crippen LogP contribution in [-0.4, -0.2) is 46.1 Å². The van der Waals surface area contributed by atoms with Crippen LogP contribution in [0.25, 0.3) is 0 Å². The molecule has 2 rings (SSSR count). The number of carbonyl (C=O) groups excluding carboxylic acids is 1. The van der Waals surface area contributed by atoms with Gasteiger partial charge in [0.25, 0.3) is 0 Å². The van der Waals surface area contributed by atoms with E-state index in [2.05, 4.69) is 4.98 Å². The number of hydrogen-bond donors (Lipinski definition) is 1. The second-order valence-electron chi connectivity index (χ2n) is 4.11. The number of hydrogen-bond acceptors (Lipinski definition) is 4. The highest BCUT2D eigenvalue weighted by Crippen LogP contribution is 2.14. The fraction of sp³-hybridized carbons (Fsp3) is 0.417. The molecule has 1 atom stereocenters. The third-order valence-corrected chi connectivity index (χ3v) is 2.77. The van der Waals surface area contributed by atoms with Crippen LogP contribution < -0.4 is 0 Å². The molecule has 1 aromatic heterocycles. The van der Waals surface area contributed by atoms with Crippen molar-refractivity contribution in [1.82, 2.24) is 9.88 Å². The minimum Gasteiger partial charge on any atom is -0.481 e. The predicted octanol–water partition coefficient (Wildman–Crippen LogP) is 0.284. The molecule has 1 aliphatic rings. The average Bonchev–Trinajstić information content (AvgIpc) is 2.34. The van der Waals surface area contributed by atoms with Crippen LogP contribution in [0.4, 0.5) is 0 Å². The second kappa shape index (κ2) is 5.59. The summed E-state index contributed by atoms with van der Waals surface area (Å²) in [6, 6.07) is 5.00. The molecule has 1 saturated heterocycles. The molecule has 0 radical (unpaired) electrons. The van der Waals surface area contributed by atoms with Crippen LogP contribution in [0.2, 0.25) is 0 Å². The van der Waals surface area contributed by atoms with E-state index >= 15 is 0 Å². The summed E-state index contributed by atoms with van der Waals surface area (Å²) in [7, 11) is 0. The Hall–Kier alpha value is -1.95. The van der Waals surface area contributed by atoms with Gasteiger partial charge < -0.3 is 14.7 Å². The molecular weight excluding hydrogens is 236 g/mol. The highest BCUT2D eigenvalue weighted by atomic mass is 16.5. The lowest BCUT2D eigenvalue weighted by molar-refractivity contribution is -0.153. The van der Waals surface area contributed by atoms with Crippen LogP contribution in [0.1, 0.15) is 12.1 Å². The minimum atomic E-state index is -0.940. The van der Waals surface area contributed by atoms with E-state index in [9.17, 15) is 9.59 Å². The monoisotopic (exact) mass is 250 g/mol. The van der Waals surface area contributed by atoms with Crippen molar-refractivity contribution in [2.75, 3.05) is 13.2 Å². The maximum Gasteiger partial charge on any atom is 0.305 e. The van der Waals surface area contributed by atoms with Gasteiger partial charge in [0.15, 0.2) is 0 Å². The first kappa shape index (κ1) is 12.5. The van der Waals surface area contributed by atoms with Gasteiger partial charge in [0.1, 0.15) is 6.61 Å². The summed E-state index contributed by atoms with van der Waals surface area (Å²) < 4.78 is 5.09. The quantitative estimate of drug-likeness (QED) is 0.830. The zero-order valence-corrected chi connectivity index (χ0v) is 9.78. The van der Waals surface area contributed by atoms with E-state index in [-0.39, 0.29) is 25.5 Å². The van der Waals surface area contributed by atoms with E-state index in [0.29, 0.717) is 6.54 Å². The van der Waals surface area contributed by atoms with Gasteiger partial charge in [0.05, 0.1) is 31.3 Å². The SMILES string of the molecule is O=C(O)CC1COCC(=O)N1Cc1ccccn1. The highest BCUT2D eigenvalue weighted by molar-refractivity contribution is 5.79. The van der Waals surface area contributed by atoms with Gasteiger partial charge in [-0.2, -0.15) is 0 Å². The largest absolute Gasteiger partial charge is 0.481 e. The number of nitrogens with zero attached hydrogens (tertiary/aromatic N) is 2. The summed E-state index contributed by atoms with van der Waals surface area (Å²) in [5.74, 6) is -1.14. The third kappa shape index (κ3) is 3.04. The number of rotatable bonds is 4. The number of pyridine rings is 1. The Kier molecular flexibility index (Phi) is 3.88. The Bertz CT molecular complexity index is 435. The Labute approximate surface area is 104 Å². The number of ether oxygens (including phenoxy) is 1. The number of aliphatic carboxylic acids is 1. The molecule has 6 nitrogen and oxygen atoms in total. The molecule has 2 heterocycles. The molecular formula is C12H14N2O4. The molecule has 0 saturated carbocycles. The summed E-state index contributed by atoms with van der Waals surface area (Å²) in [5, 5.41) is 8.83. The number of carboxylic acids is 1. The van der Waals surface area contributed by atoms with E-state index in [1.807, 2.05) is 6.07 Å². The topological polar surface area (TPSA) is 79.7 Å². The van der Waals surface area contributed by atoms with Crippen LogP contribution in [0, 0.1) is 0 Å². The number of morpholine rings is 1. The summed E-state index contributed by atoms with van der Waals surface area (Å²) in [6.45, 7) is 0.578. The first-order valence-corrected chi connectivity index (χ1v) is 5.65. The first-order valence-electron chi connectivity index (χ1n) is 5.65. The summed E-state index contributed by atoms with van der Waals surface area (Å²) in [6.07, 6.45) is 1.53. The smallest absolute Gasteiger partial charge is 0.305 e. The van der Waals surface area contributed by atoms with Gasteiger partial charge in [0, 0.05) is 6.20 Å². The van der Waals surface area contributed by atoms with Crippen LogP contribution >= 0.6 is 0 Å².